The smallest absolute Gasteiger partial charge is 0.323 e. The van der Waals surface area contributed by atoms with E-state index in [0.29, 0.717) is 6.42 Å². The fourth-order valence-electron chi connectivity index (χ4n) is 3.47. The summed E-state index contributed by atoms with van der Waals surface area (Å²) in [6.45, 7) is 11.4. The number of carbonyl (C=O) groups is 2. The summed E-state index contributed by atoms with van der Waals surface area (Å²) in [6, 6.07) is 15.2. The summed E-state index contributed by atoms with van der Waals surface area (Å²) in [5.41, 5.74) is 3.76. The van der Waals surface area contributed by atoms with Crippen molar-refractivity contribution in [2.45, 2.75) is 34.1 Å². The molecule has 1 heterocycles. The molecule has 1 aliphatic rings. The predicted molar refractivity (Wildman–Crippen MR) is 123 cm³/mol. The van der Waals surface area contributed by atoms with Crippen LogP contribution >= 0.6 is 0 Å². The van der Waals surface area contributed by atoms with Gasteiger partial charge in [-0.05, 0) is 48.7 Å². The third-order valence-corrected chi connectivity index (χ3v) is 5.11. The van der Waals surface area contributed by atoms with Gasteiger partial charge < -0.3 is 20.4 Å². The van der Waals surface area contributed by atoms with Crippen molar-refractivity contribution in [2.75, 3.05) is 41.7 Å². The zero-order valence-electron chi connectivity index (χ0n) is 18.4. The van der Waals surface area contributed by atoms with E-state index in [4.69, 9.17) is 0 Å². The van der Waals surface area contributed by atoms with Gasteiger partial charge >= 0.3 is 6.03 Å². The summed E-state index contributed by atoms with van der Waals surface area (Å²) in [6.07, 6.45) is 0.581. The monoisotopic (exact) mass is 408 g/mol. The van der Waals surface area contributed by atoms with Crippen molar-refractivity contribution in [3.8, 4) is 0 Å². The Labute approximate surface area is 179 Å². The number of piperazine rings is 1. The summed E-state index contributed by atoms with van der Waals surface area (Å²) in [5, 5.41) is 5.69. The van der Waals surface area contributed by atoms with Gasteiger partial charge in [0, 0.05) is 49.7 Å². The average molecular weight is 409 g/mol. The van der Waals surface area contributed by atoms with Gasteiger partial charge in [-0.2, -0.15) is 0 Å². The Morgan fingerprint density at radius 3 is 1.83 bits per heavy atom. The van der Waals surface area contributed by atoms with Crippen molar-refractivity contribution in [2.24, 2.45) is 5.41 Å². The van der Waals surface area contributed by atoms with Crippen LogP contribution in [0, 0.1) is 12.3 Å². The molecule has 0 aromatic heterocycles. The third-order valence-electron chi connectivity index (χ3n) is 5.11. The lowest BCUT2D eigenvalue weighted by Crippen LogP contribution is -2.49. The molecule has 1 aliphatic heterocycles. The molecule has 2 N–H and O–H groups in total. The first-order valence-corrected chi connectivity index (χ1v) is 10.5. The van der Waals surface area contributed by atoms with Crippen molar-refractivity contribution in [3.63, 3.8) is 0 Å². The molecule has 160 valence electrons. The zero-order valence-corrected chi connectivity index (χ0v) is 18.4. The van der Waals surface area contributed by atoms with Gasteiger partial charge in [0.05, 0.1) is 0 Å². The van der Waals surface area contributed by atoms with Crippen molar-refractivity contribution in [1.82, 2.24) is 4.90 Å². The lowest BCUT2D eigenvalue weighted by Gasteiger charge is -2.37. The molecule has 0 saturated carbocycles. The second kappa shape index (κ2) is 9.20. The van der Waals surface area contributed by atoms with Crippen LogP contribution < -0.4 is 15.5 Å². The normalized spacial score (nSPS) is 14.4. The quantitative estimate of drug-likeness (QED) is 0.769. The number of rotatable bonds is 4. The molecule has 0 bridgehead atoms. The van der Waals surface area contributed by atoms with Crippen LogP contribution in [0.15, 0.2) is 48.5 Å². The molecule has 0 aliphatic carbocycles. The molecule has 0 atom stereocenters. The predicted octanol–water partition coefficient (Wildman–Crippen LogP) is 4.72. The molecular formula is C24H32N4O2. The first-order chi connectivity index (χ1) is 14.2. The molecule has 1 fully saturated rings. The summed E-state index contributed by atoms with van der Waals surface area (Å²) < 4.78 is 0. The highest BCUT2D eigenvalue weighted by Gasteiger charge is 2.24. The van der Waals surface area contributed by atoms with Crippen LogP contribution in [0.2, 0.25) is 0 Å². The van der Waals surface area contributed by atoms with Gasteiger partial charge in [0.1, 0.15) is 0 Å². The number of anilines is 3. The van der Waals surface area contributed by atoms with Crippen LogP contribution in [-0.4, -0.2) is 43.0 Å². The molecule has 6 heteroatoms. The fraction of sp³-hybridized carbons (Fsp3) is 0.417. The largest absolute Gasteiger partial charge is 0.368 e. The van der Waals surface area contributed by atoms with E-state index in [0.717, 1.165) is 48.8 Å². The minimum atomic E-state index is -0.266. The summed E-state index contributed by atoms with van der Waals surface area (Å²) in [5.74, 6) is 0.237. The first-order valence-electron chi connectivity index (χ1n) is 10.5. The minimum Gasteiger partial charge on any atom is -0.368 e. The highest BCUT2D eigenvalue weighted by Crippen LogP contribution is 2.23. The van der Waals surface area contributed by atoms with E-state index in [-0.39, 0.29) is 17.4 Å². The summed E-state index contributed by atoms with van der Waals surface area (Å²) in [7, 11) is 0. The number of hydrogen-bond donors (Lipinski definition) is 2. The van der Waals surface area contributed by atoms with Crippen molar-refractivity contribution in [3.05, 3.63) is 54.1 Å². The molecule has 3 rings (SSSR count). The maximum absolute atomic E-state index is 12.4. The Hall–Kier alpha value is -3.02. The molecular weight excluding hydrogens is 376 g/mol. The van der Waals surface area contributed by atoms with E-state index in [2.05, 4.69) is 36.3 Å². The Kier molecular flexibility index (Phi) is 6.65. The van der Waals surface area contributed by atoms with Crippen LogP contribution in [0.1, 0.15) is 32.8 Å². The SMILES string of the molecule is Cc1ccc(NC(=O)Nc2ccc(N3CCN(C(=O)CC(C)(C)C)CC3)cc2)cc1. The minimum absolute atomic E-state index is 0.0167. The Bertz CT molecular complexity index is 862. The van der Waals surface area contributed by atoms with Gasteiger partial charge in [-0.25, -0.2) is 4.79 Å². The fourth-order valence-corrected chi connectivity index (χ4v) is 3.47. The summed E-state index contributed by atoms with van der Waals surface area (Å²) in [4.78, 5) is 28.8. The molecule has 0 spiro atoms. The Morgan fingerprint density at radius 1 is 0.833 bits per heavy atom. The molecule has 2 aromatic rings. The number of nitrogens with one attached hydrogen (secondary N) is 2. The number of urea groups is 1. The number of nitrogens with zero attached hydrogens (tertiary/aromatic N) is 2. The second-order valence-corrected chi connectivity index (χ2v) is 9.10. The van der Waals surface area contributed by atoms with E-state index in [9.17, 15) is 9.59 Å². The third kappa shape index (κ3) is 6.24. The van der Waals surface area contributed by atoms with Gasteiger partial charge in [-0.3, -0.25) is 4.79 Å². The lowest BCUT2D eigenvalue weighted by molar-refractivity contribution is -0.133. The van der Waals surface area contributed by atoms with Gasteiger partial charge in [0.15, 0.2) is 0 Å². The number of aryl methyl sites for hydroxylation is 1. The number of amides is 3. The standard InChI is InChI=1S/C24H32N4O2/c1-18-5-7-19(8-6-18)25-23(30)26-20-9-11-21(12-10-20)27-13-15-28(16-14-27)22(29)17-24(2,3)4/h5-12H,13-17H2,1-4H3,(H2,25,26,30). The maximum Gasteiger partial charge on any atom is 0.323 e. The topological polar surface area (TPSA) is 64.7 Å². The molecule has 2 aromatic carbocycles. The van der Waals surface area contributed by atoms with E-state index >= 15 is 0 Å². The first kappa shape index (κ1) is 21.7. The van der Waals surface area contributed by atoms with Crippen LogP contribution in [0.4, 0.5) is 21.9 Å². The lowest BCUT2D eigenvalue weighted by atomic mass is 9.91. The van der Waals surface area contributed by atoms with Crippen LogP contribution in [0.25, 0.3) is 0 Å². The molecule has 0 radical (unpaired) electrons. The Morgan fingerprint density at radius 2 is 1.33 bits per heavy atom. The molecule has 1 saturated heterocycles. The van der Waals surface area contributed by atoms with Crippen LogP contribution in [0.3, 0.4) is 0 Å². The van der Waals surface area contributed by atoms with Crippen molar-refractivity contribution in [1.29, 1.82) is 0 Å². The van der Waals surface area contributed by atoms with Gasteiger partial charge in [-0.15, -0.1) is 0 Å². The maximum atomic E-state index is 12.4. The van der Waals surface area contributed by atoms with Crippen molar-refractivity contribution < 1.29 is 9.59 Å². The van der Waals surface area contributed by atoms with E-state index in [1.807, 2.05) is 60.4 Å². The second-order valence-electron chi connectivity index (χ2n) is 9.10. The number of carbonyl (C=O) groups excluding carboxylic acids is 2. The van der Waals surface area contributed by atoms with Gasteiger partial charge in [0.25, 0.3) is 0 Å². The van der Waals surface area contributed by atoms with Crippen molar-refractivity contribution >= 4 is 29.0 Å². The van der Waals surface area contributed by atoms with E-state index in [1.54, 1.807) is 0 Å². The highest BCUT2D eigenvalue weighted by molar-refractivity contribution is 5.99. The molecule has 6 nitrogen and oxygen atoms in total. The molecule has 3 amide bonds. The molecule has 30 heavy (non-hydrogen) atoms. The van der Waals surface area contributed by atoms with Crippen LogP contribution in [0.5, 0.6) is 0 Å². The number of benzene rings is 2. The molecule has 0 unspecified atom stereocenters. The average Bonchev–Trinajstić information content (AvgIpc) is 2.69. The Balaban J connectivity index is 1.49. The van der Waals surface area contributed by atoms with E-state index in [1.165, 1.54) is 0 Å². The van der Waals surface area contributed by atoms with Crippen LogP contribution in [-0.2, 0) is 4.79 Å². The highest BCUT2D eigenvalue weighted by atomic mass is 16.2. The van der Waals surface area contributed by atoms with E-state index < -0.39 is 0 Å². The summed E-state index contributed by atoms with van der Waals surface area (Å²) >= 11 is 0. The number of hydrogen-bond acceptors (Lipinski definition) is 3. The zero-order chi connectivity index (χ0) is 21.7. The van der Waals surface area contributed by atoms with Gasteiger partial charge in [0.2, 0.25) is 5.91 Å². The van der Waals surface area contributed by atoms with Gasteiger partial charge in [-0.1, -0.05) is 38.5 Å².